The fourth-order valence-corrected chi connectivity index (χ4v) is 2.32. The summed E-state index contributed by atoms with van der Waals surface area (Å²) >= 11 is 0. The Morgan fingerprint density at radius 2 is 1.71 bits per heavy atom. The van der Waals surface area contributed by atoms with Gasteiger partial charge in [0.15, 0.2) is 5.78 Å². The summed E-state index contributed by atoms with van der Waals surface area (Å²) in [6, 6.07) is 14.5. The van der Waals surface area contributed by atoms with Crippen molar-refractivity contribution in [3.8, 4) is 0 Å². The van der Waals surface area contributed by atoms with Gasteiger partial charge in [-0.2, -0.15) is 0 Å². The van der Waals surface area contributed by atoms with Crippen molar-refractivity contribution in [2.75, 3.05) is 0 Å². The minimum Gasteiger partial charge on any atom is -0.353 e. The maximum absolute atomic E-state index is 12.1. The second kappa shape index (κ2) is 8.01. The minimum atomic E-state index is -0.485. The molecule has 6 heteroatoms. The molecule has 0 aliphatic rings. The summed E-state index contributed by atoms with van der Waals surface area (Å²) in [4.78, 5) is 34.2. The molecule has 2 rings (SSSR count). The molecule has 0 spiro atoms. The molecule has 0 aliphatic carbocycles. The van der Waals surface area contributed by atoms with Gasteiger partial charge in [0.05, 0.1) is 11.3 Å². The van der Waals surface area contributed by atoms with E-state index in [-0.39, 0.29) is 36.3 Å². The number of benzene rings is 2. The van der Waals surface area contributed by atoms with Gasteiger partial charge in [0, 0.05) is 30.2 Å². The van der Waals surface area contributed by atoms with Gasteiger partial charge in [0.2, 0.25) is 5.91 Å². The summed E-state index contributed by atoms with van der Waals surface area (Å²) in [7, 11) is 0. The van der Waals surface area contributed by atoms with Crippen molar-refractivity contribution < 1.29 is 14.5 Å². The molecule has 1 unspecified atom stereocenters. The van der Waals surface area contributed by atoms with Gasteiger partial charge in [-0.3, -0.25) is 19.7 Å². The zero-order valence-corrected chi connectivity index (χ0v) is 13.3. The van der Waals surface area contributed by atoms with Crippen LogP contribution in [0.1, 0.15) is 29.3 Å². The Balaban J connectivity index is 1.85. The van der Waals surface area contributed by atoms with Crippen molar-refractivity contribution >= 4 is 17.4 Å². The van der Waals surface area contributed by atoms with Crippen molar-refractivity contribution in [2.45, 2.75) is 25.8 Å². The van der Waals surface area contributed by atoms with Gasteiger partial charge >= 0.3 is 0 Å². The van der Waals surface area contributed by atoms with E-state index < -0.39 is 4.92 Å². The largest absolute Gasteiger partial charge is 0.353 e. The van der Waals surface area contributed by atoms with Crippen molar-refractivity contribution in [3.05, 3.63) is 75.8 Å². The van der Waals surface area contributed by atoms with Crippen molar-refractivity contribution in [1.29, 1.82) is 0 Å². The van der Waals surface area contributed by atoms with E-state index in [1.54, 1.807) is 43.3 Å². The number of non-ortho nitro benzene ring substituents is 1. The lowest BCUT2D eigenvalue weighted by Gasteiger charge is -2.13. The minimum absolute atomic E-state index is 0.0130. The number of nitro benzene ring substituents is 1. The van der Waals surface area contributed by atoms with Gasteiger partial charge in [-0.05, 0) is 12.5 Å². The van der Waals surface area contributed by atoms with Gasteiger partial charge in [-0.15, -0.1) is 0 Å². The first-order valence-corrected chi connectivity index (χ1v) is 7.56. The Morgan fingerprint density at radius 1 is 1.08 bits per heavy atom. The number of carbonyl (C=O) groups is 2. The van der Waals surface area contributed by atoms with Crippen LogP contribution in [0.3, 0.4) is 0 Å². The molecule has 1 amide bonds. The standard InChI is InChI=1S/C18H18N2O4/c1-13(11-17(21)15-5-3-2-4-6-15)19-18(22)12-14-7-9-16(10-8-14)20(23)24/h2-10,13H,11-12H2,1H3,(H,19,22). The van der Waals surface area contributed by atoms with E-state index in [2.05, 4.69) is 5.32 Å². The molecule has 0 saturated heterocycles. The van der Waals surface area contributed by atoms with Crippen LogP contribution < -0.4 is 5.32 Å². The number of nitrogens with zero attached hydrogens (tertiary/aromatic N) is 1. The van der Waals surface area contributed by atoms with Crippen LogP contribution in [0.5, 0.6) is 0 Å². The summed E-state index contributed by atoms with van der Waals surface area (Å²) in [6.45, 7) is 1.77. The smallest absolute Gasteiger partial charge is 0.269 e. The summed E-state index contributed by atoms with van der Waals surface area (Å²) in [5.74, 6) is -0.254. The highest BCUT2D eigenvalue weighted by atomic mass is 16.6. The Bertz CT molecular complexity index is 726. The van der Waals surface area contributed by atoms with Gasteiger partial charge in [0.1, 0.15) is 0 Å². The lowest BCUT2D eigenvalue weighted by atomic mass is 10.0. The van der Waals surface area contributed by atoms with Crippen molar-refractivity contribution in [2.24, 2.45) is 0 Å². The van der Waals surface area contributed by atoms with E-state index in [1.165, 1.54) is 12.1 Å². The average molecular weight is 326 g/mol. The van der Waals surface area contributed by atoms with Gasteiger partial charge < -0.3 is 5.32 Å². The monoisotopic (exact) mass is 326 g/mol. The normalized spacial score (nSPS) is 11.5. The first kappa shape index (κ1) is 17.3. The van der Waals surface area contributed by atoms with Crippen molar-refractivity contribution in [1.82, 2.24) is 5.32 Å². The van der Waals surface area contributed by atoms with Gasteiger partial charge in [-0.25, -0.2) is 0 Å². The van der Waals surface area contributed by atoms with E-state index in [9.17, 15) is 19.7 Å². The lowest BCUT2D eigenvalue weighted by Crippen LogP contribution is -2.35. The molecule has 0 saturated carbocycles. The summed E-state index contributed by atoms with van der Waals surface area (Å²) in [5.41, 5.74) is 1.29. The zero-order chi connectivity index (χ0) is 17.5. The van der Waals surface area contributed by atoms with Gasteiger partial charge in [-0.1, -0.05) is 42.5 Å². The summed E-state index contributed by atoms with van der Waals surface area (Å²) in [6.07, 6.45) is 0.331. The van der Waals surface area contributed by atoms with Crippen LogP contribution in [-0.2, 0) is 11.2 Å². The highest BCUT2D eigenvalue weighted by molar-refractivity contribution is 5.96. The predicted octanol–water partition coefficient (Wildman–Crippen LogP) is 2.92. The van der Waals surface area contributed by atoms with Crippen LogP contribution in [-0.4, -0.2) is 22.7 Å². The van der Waals surface area contributed by atoms with E-state index in [4.69, 9.17) is 0 Å². The molecule has 0 heterocycles. The molecule has 6 nitrogen and oxygen atoms in total. The molecule has 0 radical (unpaired) electrons. The van der Waals surface area contributed by atoms with Crippen LogP contribution in [0.15, 0.2) is 54.6 Å². The highest BCUT2D eigenvalue weighted by Gasteiger charge is 2.14. The third kappa shape index (κ3) is 5.01. The van der Waals surface area contributed by atoms with Crippen LogP contribution in [0.2, 0.25) is 0 Å². The SMILES string of the molecule is CC(CC(=O)c1ccccc1)NC(=O)Cc1ccc([N+](=O)[O-])cc1. The van der Waals surface area contributed by atoms with E-state index >= 15 is 0 Å². The first-order valence-electron chi connectivity index (χ1n) is 7.56. The van der Waals surface area contributed by atoms with Crippen molar-refractivity contribution in [3.63, 3.8) is 0 Å². The number of ketones is 1. The maximum atomic E-state index is 12.1. The average Bonchev–Trinajstić information content (AvgIpc) is 2.55. The van der Waals surface area contributed by atoms with E-state index in [1.807, 2.05) is 6.07 Å². The van der Waals surface area contributed by atoms with E-state index in [0.29, 0.717) is 11.1 Å². The number of Topliss-reactive ketones (excluding diaryl/α,β-unsaturated/α-hetero) is 1. The van der Waals surface area contributed by atoms with E-state index in [0.717, 1.165) is 0 Å². The molecule has 0 aliphatic heterocycles. The first-order chi connectivity index (χ1) is 11.5. The Labute approximate surface area is 139 Å². The van der Waals surface area contributed by atoms with Gasteiger partial charge in [0.25, 0.3) is 5.69 Å². The number of rotatable bonds is 7. The predicted molar refractivity (Wildman–Crippen MR) is 89.8 cm³/mol. The Hall–Kier alpha value is -3.02. The van der Waals surface area contributed by atoms with Crippen LogP contribution >= 0.6 is 0 Å². The van der Waals surface area contributed by atoms with Crippen LogP contribution in [0.25, 0.3) is 0 Å². The quantitative estimate of drug-likeness (QED) is 0.481. The molecular weight excluding hydrogens is 308 g/mol. The number of carbonyl (C=O) groups excluding carboxylic acids is 2. The molecule has 24 heavy (non-hydrogen) atoms. The zero-order valence-electron chi connectivity index (χ0n) is 13.3. The molecule has 0 aromatic heterocycles. The number of hydrogen-bond donors (Lipinski definition) is 1. The fourth-order valence-electron chi connectivity index (χ4n) is 2.32. The van der Waals surface area contributed by atoms with Crippen LogP contribution in [0, 0.1) is 10.1 Å². The van der Waals surface area contributed by atoms with Crippen LogP contribution in [0.4, 0.5) is 5.69 Å². The molecule has 1 N–H and O–H groups in total. The third-order valence-corrected chi connectivity index (χ3v) is 3.51. The lowest BCUT2D eigenvalue weighted by molar-refractivity contribution is -0.384. The molecule has 0 fully saturated rings. The number of nitrogens with one attached hydrogen (secondary N) is 1. The second-order valence-corrected chi connectivity index (χ2v) is 5.56. The molecule has 1 atom stereocenters. The molecule has 0 bridgehead atoms. The number of amides is 1. The number of nitro groups is 1. The third-order valence-electron chi connectivity index (χ3n) is 3.51. The fraction of sp³-hybridized carbons (Fsp3) is 0.222. The Morgan fingerprint density at radius 3 is 2.29 bits per heavy atom. The molecule has 2 aromatic rings. The molecular formula is C18H18N2O4. The highest BCUT2D eigenvalue weighted by Crippen LogP contribution is 2.12. The summed E-state index contributed by atoms with van der Waals surface area (Å²) in [5, 5.41) is 13.4. The maximum Gasteiger partial charge on any atom is 0.269 e. The molecule has 2 aromatic carbocycles. The molecule has 124 valence electrons. The second-order valence-electron chi connectivity index (χ2n) is 5.56. The summed E-state index contributed by atoms with van der Waals surface area (Å²) < 4.78 is 0. The topological polar surface area (TPSA) is 89.3 Å². The number of hydrogen-bond acceptors (Lipinski definition) is 4. The Kier molecular flexibility index (Phi) is 5.78.